The normalized spacial score (nSPS) is 24.0. The van der Waals surface area contributed by atoms with Crippen LogP contribution in [0.3, 0.4) is 0 Å². The predicted octanol–water partition coefficient (Wildman–Crippen LogP) is 5.64. The van der Waals surface area contributed by atoms with Crippen molar-refractivity contribution in [2.45, 2.75) is 77.7 Å². The van der Waals surface area contributed by atoms with Crippen LogP contribution in [0.4, 0.5) is 0 Å². The molecule has 0 radical (unpaired) electrons. The van der Waals surface area contributed by atoms with Crippen LogP contribution in [0, 0.1) is 11.8 Å². The van der Waals surface area contributed by atoms with E-state index in [-0.39, 0.29) is 6.04 Å². The molecular weight excluding hydrogens is 254 g/mol. The lowest BCUT2D eigenvalue weighted by Crippen LogP contribution is -2.26. The van der Waals surface area contributed by atoms with Crippen molar-refractivity contribution in [3.63, 3.8) is 0 Å². The minimum atomic E-state index is 0.244. The van der Waals surface area contributed by atoms with E-state index in [1.165, 1.54) is 68.9 Å². The van der Waals surface area contributed by atoms with Gasteiger partial charge in [-0.25, -0.2) is 0 Å². The molecule has 0 aliphatic heterocycles. The van der Waals surface area contributed by atoms with Gasteiger partial charge in [0, 0.05) is 6.04 Å². The number of benzene rings is 1. The average molecular weight is 287 g/mol. The molecule has 0 saturated heterocycles. The van der Waals surface area contributed by atoms with Gasteiger partial charge < -0.3 is 5.73 Å². The first-order chi connectivity index (χ1) is 10.2. The maximum atomic E-state index is 6.58. The van der Waals surface area contributed by atoms with E-state index in [1.807, 2.05) is 0 Å². The summed E-state index contributed by atoms with van der Waals surface area (Å²) >= 11 is 0. The van der Waals surface area contributed by atoms with Crippen molar-refractivity contribution < 1.29 is 0 Å². The molecule has 1 aliphatic rings. The minimum Gasteiger partial charge on any atom is -0.324 e. The van der Waals surface area contributed by atoms with Gasteiger partial charge in [-0.05, 0) is 42.2 Å². The quantitative estimate of drug-likeness (QED) is 0.690. The van der Waals surface area contributed by atoms with Gasteiger partial charge in [0.15, 0.2) is 0 Å². The average Bonchev–Trinajstić information content (AvgIpc) is 2.53. The Balaban J connectivity index is 1.89. The minimum absolute atomic E-state index is 0.244. The molecule has 0 spiro atoms. The molecular formula is C20H33N. The predicted molar refractivity (Wildman–Crippen MR) is 92.3 cm³/mol. The van der Waals surface area contributed by atoms with Crippen LogP contribution in [0.5, 0.6) is 0 Å². The zero-order valence-corrected chi connectivity index (χ0v) is 14.0. The molecule has 1 heteroatoms. The summed E-state index contributed by atoms with van der Waals surface area (Å²) < 4.78 is 0. The summed E-state index contributed by atoms with van der Waals surface area (Å²) in [5.41, 5.74) is 9.39. The number of unbranched alkanes of at least 4 members (excludes halogenated alkanes) is 1. The third-order valence-corrected chi connectivity index (χ3v) is 5.24. The second-order valence-electron chi connectivity index (χ2n) is 6.94. The molecule has 1 aliphatic carbocycles. The van der Waals surface area contributed by atoms with Gasteiger partial charge in [-0.3, -0.25) is 0 Å². The molecule has 118 valence electrons. The Morgan fingerprint density at radius 1 is 1.10 bits per heavy atom. The highest BCUT2D eigenvalue weighted by molar-refractivity contribution is 5.26. The summed E-state index contributed by atoms with van der Waals surface area (Å²) in [4.78, 5) is 0. The van der Waals surface area contributed by atoms with Crippen LogP contribution >= 0.6 is 0 Å². The number of rotatable bonds is 7. The molecule has 2 N–H and O–H groups in total. The van der Waals surface area contributed by atoms with E-state index in [2.05, 4.69) is 38.1 Å². The molecule has 1 unspecified atom stereocenters. The zero-order valence-electron chi connectivity index (χ0n) is 14.0. The SMILES string of the molecule is CCCCC1CCC(C(N)c2cccc(CCC)c2)CC1. The summed E-state index contributed by atoms with van der Waals surface area (Å²) in [5, 5.41) is 0. The zero-order chi connectivity index (χ0) is 15.1. The van der Waals surface area contributed by atoms with Crippen molar-refractivity contribution in [3.05, 3.63) is 35.4 Å². The molecule has 1 saturated carbocycles. The van der Waals surface area contributed by atoms with Crippen LogP contribution in [0.25, 0.3) is 0 Å². The third-order valence-electron chi connectivity index (χ3n) is 5.24. The molecule has 0 bridgehead atoms. The van der Waals surface area contributed by atoms with E-state index in [0.717, 1.165) is 5.92 Å². The molecule has 1 fully saturated rings. The van der Waals surface area contributed by atoms with Crippen LogP contribution in [0.2, 0.25) is 0 Å². The molecule has 0 amide bonds. The second-order valence-corrected chi connectivity index (χ2v) is 6.94. The van der Waals surface area contributed by atoms with Crippen LogP contribution < -0.4 is 5.73 Å². The van der Waals surface area contributed by atoms with Gasteiger partial charge in [0.05, 0.1) is 0 Å². The highest BCUT2D eigenvalue weighted by Gasteiger charge is 2.26. The van der Waals surface area contributed by atoms with Crippen LogP contribution in [-0.2, 0) is 6.42 Å². The smallest absolute Gasteiger partial charge is 0.0323 e. The van der Waals surface area contributed by atoms with E-state index in [1.54, 1.807) is 0 Å². The Bertz CT molecular complexity index is 404. The maximum absolute atomic E-state index is 6.58. The molecule has 1 aromatic rings. The lowest BCUT2D eigenvalue weighted by molar-refractivity contribution is 0.232. The van der Waals surface area contributed by atoms with Crippen molar-refractivity contribution >= 4 is 0 Å². The van der Waals surface area contributed by atoms with Crippen molar-refractivity contribution in [2.75, 3.05) is 0 Å². The molecule has 1 nitrogen and oxygen atoms in total. The van der Waals surface area contributed by atoms with Crippen molar-refractivity contribution in [3.8, 4) is 0 Å². The van der Waals surface area contributed by atoms with E-state index < -0.39 is 0 Å². The van der Waals surface area contributed by atoms with Crippen molar-refractivity contribution in [1.29, 1.82) is 0 Å². The van der Waals surface area contributed by atoms with Gasteiger partial charge in [0.2, 0.25) is 0 Å². The van der Waals surface area contributed by atoms with Crippen LogP contribution in [0.15, 0.2) is 24.3 Å². The first-order valence-electron chi connectivity index (χ1n) is 9.09. The van der Waals surface area contributed by atoms with Crippen LogP contribution in [0.1, 0.15) is 82.4 Å². The number of aryl methyl sites for hydroxylation is 1. The Morgan fingerprint density at radius 2 is 1.86 bits per heavy atom. The number of hydrogen-bond donors (Lipinski definition) is 1. The molecule has 0 heterocycles. The molecule has 2 rings (SSSR count). The monoisotopic (exact) mass is 287 g/mol. The van der Waals surface area contributed by atoms with Gasteiger partial charge in [-0.2, -0.15) is 0 Å². The van der Waals surface area contributed by atoms with Crippen molar-refractivity contribution in [2.24, 2.45) is 17.6 Å². The Kier molecular flexibility index (Phi) is 6.76. The topological polar surface area (TPSA) is 26.0 Å². The number of hydrogen-bond acceptors (Lipinski definition) is 1. The lowest BCUT2D eigenvalue weighted by Gasteiger charge is -2.32. The summed E-state index contributed by atoms with van der Waals surface area (Å²) in [6.07, 6.45) is 12.0. The summed E-state index contributed by atoms with van der Waals surface area (Å²) in [6, 6.07) is 9.24. The summed E-state index contributed by atoms with van der Waals surface area (Å²) in [6.45, 7) is 4.54. The van der Waals surface area contributed by atoms with Crippen molar-refractivity contribution in [1.82, 2.24) is 0 Å². The molecule has 0 aromatic heterocycles. The second kappa shape index (κ2) is 8.58. The van der Waals surface area contributed by atoms with Gasteiger partial charge in [0.25, 0.3) is 0 Å². The van der Waals surface area contributed by atoms with E-state index in [0.29, 0.717) is 5.92 Å². The fourth-order valence-electron chi connectivity index (χ4n) is 3.85. The number of nitrogens with two attached hydrogens (primary N) is 1. The van der Waals surface area contributed by atoms with Gasteiger partial charge in [-0.15, -0.1) is 0 Å². The molecule has 21 heavy (non-hydrogen) atoms. The van der Waals surface area contributed by atoms with Gasteiger partial charge in [-0.1, -0.05) is 76.6 Å². The van der Waals surface area contributed by atoms with Gasteiger partial charge >= 0.3 is 0 Å². The Morgan fingerprint density at radius 3 is 2.52 bits per heavy atom. The lowest BCUT2D eigenvalue weighted by atomic mass is 9.75. The van der Waals surface area contributed by atoms with E-state index in [4.69, 9.17) is 5.73 Å². The summed E-state index contributed by atoms with van der Waals surface area (Å²) in [7, 11) is 0. The largest absolute Gasteiger partial charge is 0.324 e. The summed E-state index contributed by atoms with van der Waals surface area (Å²) in [5.74, 6) is 1.67. The van der Waals surface area contributed by atoms with E-state index in [9.17, 15) is 0 Å². The third kappa shape index (κ3) is 4.85. The Labute approximate surface area is 131 Å². The van der Waals surface area contributed by atoms with E-state index >= 15 is 0 Å². The standard InChI is InChI=1S/C20H33N/c1-3-5-8-16-11-13-18(14-12-16)20(21)19-10-6-9-17(15-19)7-4-2/h6,9-10,15-16,18,20H,3-5,7-8,11-14,21H2,1-2H3. The molecule has 1 aromatic carbocycles. The van der Waals surface area contributed by atoms with Gasteiger partial charge in [0.1, 0.15) is 0 Å². The molecule has 1 atom stereocenters. The van der Waals surface area contributed by atoms with Crippen LogP contribution in [-0.4, -0.2) is 0 Å². The maximum Gasteiger partial charge on any atom is 0.0323 e. The highest BCUT2D eigenvalue weighted by atomic mass is 14.7. The fourth-order valence-corrected chi connectivity index (χ4v) is 3.85. The Hall–Kier alpha value is -0.820. The first-order valence-corrected chi connectivity index (χ1v) is 9.09. The first kappa shape index (κ1) is 16.5. The highest BCUT2D eigenvalue weighted by Crippen LogP contribution is 2.37. The fraction of sp³-hybridized carbons (Fsp3) is 0.700.